The van der Waals surface area contributed by atoms with Crippen molar-refractivity contribution in [3.63, 3.8) is 0 Å². The summed E-state index contributed by atoms with van der Waals surface area (Å²) in [6.07, 6.45) is 0. The Labute approximate surface area is 97.5 Å². The summed E-state index contributed by atoms with van der Waals surface area (Å²) in [6.45, 7) is 0.991. The Kier molecular flexibility index (Phi) is 3.54. The normalized spacial score (nSPS) is 10.4. The van der Waals surface area contributed by atoms with E-state index in [0.29, 0.717) is 18.9 Å². The van der Waals surface area contributed by atoms with E-state index in [4.69, 9.17) is 10.5 Å². The molecule has 0 bridgehead atoms. The van der Waals surface area contributed by atoms with Gasteiger partial charge in [0.25, 0.3) is 0 Å². The second-order valence-corrected chi connectivity index (χ2v) is 4.37. The second-order valence-electron chi connectivity index (χ2n) is 3.37. The average molecular weight is 237 g/mol. The number of halogens is 1. The summed E-state index contributed by atoms with van der Waals surface area (Å²) < 4.78 is 18.3. The fourth-order valence-electron chi connectivity index (χ4n) is 1.33. The molecule has 0 atom stereocenters. The number of rotatable bonds is 4. The zero-order chi connectivity index (χ0) is 11.4. The van der Waals surface area contributed by atoms with Crippen molar-refractivity contribution in [2.75, 3.05) is 0 Å². The van der Waals surface area contributed by atoms with E-state index in [1.807, 2.05) is 11.4 Å². The van der Waals surface area contributed by atoms with Gasteiger partial charge in [0.15, 0.2) is 0 Å². The Morgan fingerprint density at radius 2 is 2.19 bits per heavy atom. The zero-order valence-electron chi connectivity index (χ0n) is 8.65. The minimum atomic E-state index is -0.287. The van der Waals surface area contributed by atoms with E-state index in [1.54, 1.807) is 23.5 Å². The average Bonchev–Trinajstić information content (AvgIpc) is 2.74. The SMILES string of the molecule is NCc1cc(COc2cccc(F)c2)cs1. The lowest BCUT2D eigenvalue weighted by Crippen LogP contribution is -1.95. The molecule has 2 N–H and O–H groups in total. The molecule has 1 heterocycles. The molecule has 0 saturated heterocycles. The van der Waals surface area contributed by atoms with Crippen LogP contribution in [0.5, 0.6) is 5.75 Å². The van der Waals surface area contributed by atoms with Crippen molar-refractivity contribution in [2.24, 2.45) is 5.73 Å². The second kappa shape index (κ2) is 5.09. The van der Waals surface area contributed by atoms with E-state index in [2.05, 4.69) is 0 Å². The van der Waals surface area contributed by atoms with Crippen molar-refractivity contribution >= 4 is 11.3 Å². The summed E-state index contributed by atoms with van der Waals surface area (Å²) >= 11 is 1.61. The molecule has 1 aromatic carbocycles. The summed E-state index contributed by atoms with van der Waals surface area (Å²) in [5, 5.41) is 2.00. The van der Waals surface area contributed by atoms with Crippen LogP contribution in [0, 0.1) is 5.82 Å². The van der Waals surface area contributed by atoms with Gasteiger partial charge in [-0.05, 0) is 23.6 Å². The van der Waals surface area contributed by atoms with Gasteiger partial charge in [-0.1, -0.05) is 6.07 Å². The standard InChI is InChI=1S/C12H12FNOS/c13-10-2-1-3-11(5-10)15-7-9-4-12(6-14)16-8-9/h1-5,8H,6-7,14H2. The molecule has 0 aliphatic heterocycles. The zero-order valence-corrected chi connectivity index (χ0v) is 9.47. The lowest BCUT2D eigenvalue weighted by atomic mass is 10.3. The predicted molar refractivity (Wildman–Crippen MR) is 62.9 cm³/mol. The first-order valence-corrected chi connectivity index (χ1v) is 5.80. The summed E-state index contributed by atoms with van der Waals surface area (Å²) in [6, 6.07) is 8.13. The first kappa shape index (κ1) is 11.1. The van der Waals surface area contributed by atoms with Crippen molar-refractivity contribution < 1.29 is 9.13 Å². The first-order chi connectivity index (χ1) is 7.78. The van der Waals surface area contributed by atoms with Gasteiger partial charge in [0.05, 0.1) is 0 Å². The Hall–Kier alpha value is -1.39. The molecule has 2 aromatic rings. The number of hydrogen-bond acceptors (Lipinski definition) is 3. The lowest BCUT2D eigenvalue weighted by Gasteiger charge is -2.04. The van der Waals surface area contributed by atoms with E-state index in [-0.39, 0.29) is 5.82 Å². The van der Waals surface area contributed by atoms with Crippen LogP contribution in [0.4, 0.5) is 4.39 Å². The van der Waals surface area contributed by atoms with E-state index in [1.165, 1.54) is 12.1 Å². The minimum Gasteiger partial charge on any atom is -0.489 e. The van der Waals surface area contributed by atoms with Crippen LogP contribution in [0.3, 0.4) is 0 Å². The summed E-state index contributed by atoms with van der Waals surface area (Å²) in [7, 11) is 0. The van der Waals surface area contributed by atoms with E-state index in [9.17, 15) is 4.39 Å². The van der Waals surface area contributed by atoms with Crippen LogP contribution in [0.15, 0.2) is 35.7 Å². The van der Waals surface area contributed by atoms with Gasteiger partial charge < -0.3 is 10.5 Å². The maximum absolute atomic E-state index is 12.9. The molecule has 0 saturated carbocycles. The van der Waals surface area contributed by atoms with Gasteiger partial charge in [0.1, 0.15) is 18.2 Å². The molecule has 0 unspecified atom stereocenters. The van der Waals surface area contributed by atoms with Crippen LogP contribution in [0.2, 0.25) is 0 Å². The highest BCUT2D eigenvalue weighted by atomic mass is 32.1. The molecule has 0 aliphatic rings. The molecule has 0 spiro atoms. The van der Waals surface area contributed by atoms with Gasteiger partial charge in [-0.2, -0.15) is 0 Å². The molecule has 0 aliphatic carbocycles. The third-order valence-electron chi connectivity index (χ3n) is 2.11. The molecule has 1 aromatic heterocycles. The first-order valence-electron chi connectivity index (χ1n) is 4.92. The Balaban J connectivity index is 1.96. The van der Waals surface area contributed by atoms with Gasteiger partial charge in [0, 0.05) is 23.1 Å². The van der Waals surface area contributed by atoms with Crippen LogP contribution < -0.4 is 10.5 Å². The van der Waals surface area contributed by atoms with Gasteiger partial charge in [-0.3, -0.25) is 0 Å². The number of hydrogen-bond donors (Lipinski definition) is 1. The topological polar surface area (TPSA) is 35.2 Å². The maximum Gasteiger partial charge on any atom is 0.126 e. The molecule has 0 amide bonds. The maximum atomic E-state index is 12.9. The van der Waals surface area contributed by atoms with Gasteiger partial charge in [-0.15, -0.1) is 11.3 Å². The molecule has 2 rings (SSSR count). The predicted octanol–water partition coefficient (Wildman–Crippen LogP) is 2.92. The van der Waals surface area contributed by atoms with E-state index in [0.717, 1.165) is 10.4 Å². The fraction of sp³-hybridized carbons (Fsp3) is 0.167. The molecule has 2 nitrogen and oxygen atoms in total. The van der Waals surface area contributed by atoms with Gasteiger partial charge in [0.2, 0.25) is 0 Å². The highest BCUT2D eigenvalue weighted by Crippen LogP contribution is 2.17. The number of nitrogens with two attached hydrogens (primary N) is 1. The lowest BCUT2D eigenvalue weighted by molar-refractivity contribution is 0.305. The molecular weight excluding hydrogens is 225 g/mol. The monoisotopic (exact) mass is 237 g/mol. The summed E-state index contributed by atoms with van der Waals surface area (Å²) in [5.41, 5.74) is 6.57. The van der Waals surface area contributed by atoms with E-state index >= 15 is 0 Å². The van der Waals surface area contributed by atoms with Crippen molar-refractivity contribution in [2.45, 2.75) is 13.2 Å². The smallest absolute Gasteiger partial charge is 0.126 e. The van der Waals surface area contributed by atoms with Crippen LogP contribution in [-0.4, -0.2) is 0 Å². The van der Waals surface area contributed by atoms with Gasteiger partial charge in [-0.25, -0.2) is 4.39 Å². The molecule has 0 fully saturated rings. The highest BCUT2D eigenvalue weighted by molar-refractivity contribution is 7.10. The molecule has 16 heavy (non-hydrogen) atoms. The third kappa shape index (κ3) is 2.81. The summed E-state index contributed by atoms with van der Waals surface area (Å²) in [4.78, 5) is 1.12. The van der Waals surface area contributed by atoms with Crippen molar-refractivity contribution in [3.8, 4) is 5.75 Å². The largest absolute Gasteiger partial charge is 0.489 e. The quantitative estimate of drug-likeness (QED) is 0.887. The van der Waals surface area contributed by atoms with Crippen molar-refractivity contribution in [3.05, 3.63) is 52.0 Å². The summed E-state index contributed by atoms with van der Waals surface area (Å²) in [5.74, 6) is 0.256. The minimum absolute atomic E-state index is 0.287. The van der Waals surface area contributed by atoms with Crippen LogP contribution >= 0.6 is 11.3 Å². The number of thiophene rings is 1. The van der Waals surface area contributed by atoms with Crippen molar-refractivity contribution in [1.82, 2.24) is 0 Å². The van der Waals surface area contributed by atoms with Crippen LogP contribution in [0.25, 0.3) is 0 Å². The highest BCUT2D eigenvalue weighted by Gasteiger charge is 2.00. The third-order valence-corrected chi connectivity index (χ3v) is 3.12. The number of benzene rings is 1. The Morgan fingerprint density at radius 1 is 1.31 bits per heavy atom. The molecular formula is C12H12FNOS. The van der Waals surface area contributed by atoms with Gasteiger partial charge >= 0.3 is 0 Å². The van der Waals surface area contributed by atoms with Crippen molar-refractivity contribution in [1.29, 1.82) is 0 Å². The van der Waals surface area contributed by atoms with Crippen LogP contribution in [0.1, 0.15) is 10.4 Å². The Bertz CT molecular complexity index is 470. The van der Waals surface area contributed by atoms with E-state index < -0.39 is 0 Å². The molecule has 4 heteroatoms. The fourth-order valence-corrected chi connectivity index (χ4v) is 2.09. The molecule has 84 valence electrons. The number of ether oxygens (including phenoxy) is 1. The van der Waals surface area contributed by atoms with Crippen LogP contribution in [-0.2, 0) is 13.2 Å². The Morgan fingerprint density at radius 3 is 2.88 bits per heavy atom. The molecule has 0 radical (unpaired) electrons.